The van der Waals surface area contributed by atoms with Crippen LogP contribution < -0.4 is 15.5 Å². The third-order valence-corrected chi connectivity index (χ3v) is 6.39. The SMILES string of the molecule is COCCN1CCC(CNC(=O)C(=O)Nc2cc3c4c(c2)CCN4C(=O)CC3)CC1. The van der Waals surface area contributed by atoms with E-state index in [1.807, 2.05) is 17.0 Å². The highest BCUT2D eigenvalue weighted by Crippen LogP contribution is 2.38. The van der Waals surface area contributed by atoms with Gasteiger partial charge in [-0.1, -0.05) is 0 Å². The maximum Gasteiger partial charge on any atom is 0.313 e. The summed E-state index contributed by atoms with van der Waals surface area (Å²) in [6.07, 6.45) is 3.97. The smallest absolute Gasteiger partial charge is 0.313 e. The van der Waals surface area contributed by atoms with Crippen LogP contribution in [-0.2, 0) is 32.0 Å². The number of rotatable bonds is 6. The number of ether oxygens (including phenoxy) is 1. The molecule has 3 amide bonds. The van der Waals surface area contributed by atoms with Gasteiger partial charge in [-0.25, -0.2) is 0 Å². The highest BCUT2D eigenvalue weighted by molar-refractivity contribution is 6.39. The predicted molar refractivity (Wildman–Crippen MR) is 113 cm³/mol. The third kappa shape index (κ3) is 4.49. The monoisotopic (exact) mass is 414 g/mol. The first-order valence-electron chi connectivity index (χ1n) is 10.8. The zero-order valence-corrected chi connectivity index (χ0v) is 17.5. The number of hydrogen-bond acceptors (Lipinski definition) is 5. The molecule has 1 aromatic carbocycles. The van der Waals surface area contributed by atoms with Crippen molar-refractivity contribution in [2.24, 2.45) is 5.92 Å². The molecule has 3 aliphatic heterocycles. The van der Waals surface area contributed by atoms with Crippen molar-refractivity contribution < 1.29 is 19.1 Å². The van der Waals surface area contributed by atoms with Crippen LogP contribution in [0.15, 0.2) is 12.1 Å². The van der Waals surface area contributed by atoms with Gasteiger partial charge in [0.2, 0.25) is 5.91 Å². The molecule has 8 nitrogen and oxygen atoms in total. The molecule has 162 valence electrons. The molecule has 30 heavy (non-hydrogen) atoms. The van der Waals surface area contributed by atoms with E-state index in [-0.39, 0.29) is 5.91 Å². The molecule has 0 unspecified atom stereocenters. The standard InChI is InChI=1S/C22H30N4O4/c1-30-11-10-25-7-4-15(5-8-25)14-23-21(28)22(29)24-18-12-16-2-3-19(27)26-9-6-17(13-18)20(16)26/h12-13,15H,2-11,14H2,1H3,(H,23,28)(H,24,29). The van der Waals surface area contributed by atoms with E-state index in [0.29, 0.717) is 37.5 Å². The summed E-state index contributed by atoms with van der Waals surface area (Å²) in [4.78, 5) is 40.9. The lowest BCUT2D eigenvalue weighted by Gasteiger charge is -2.31. The van der Waals surface area contributed by atoms with Gasteiger partial charge in [-0.3, -0.25) is 14.4 Å². The maximum absolute atomic E-state index is 12.4. The Morgan fingerprint density at radius 2 is 1.80 bits per heavy atom. The molecule has 0 radical (unpaired) electrons. The summed E-state index contributed by atoms with van der Waals surface area (Å²) >= 11 is 0. The molecule has 1 aromatic rings. The highest BCUT2D eigenvalue weighted by Gasteiger charge is 2.31. The molecule has 3 aliphatic rings. The number of anilines is 2. The molecule has 1 saturated heterocycles. The van der Waals surface area contributed by atoms with Crippen molar-refractivity contribution in [3.8, 4) is 0 Å². The number of likely N-dealkylation sites (tertiary alicyclic amines) is 1. The van der Waals surface area contributed by atoms with Gasteiger partial charge in [-0.05, 0) is 68.0 Å². The third-order valence-electron chi connectivity index (χ3n) is 6.39. The van der Waals surface area contributed by atoms with E-state index in [4.69, 9.17) is 4.74 Å². The van der Waals surface area contributed by atoms with Crippen molar-refractivity contribution in [1.29, 1.82) is 0 Å². The van der Waals surface area contributed by atoms with Crippen LogP contribution in [0.25, 0.3) is 0 Å². The fourth-order valence-corrected chi connectivity index (χ4v) is 4.67. The van der Waals surface area contributed by atoms with Crippen molar-refractivity contribution in [3.05, 3.63) is 23.3 Å². The topological polar surface area (TPSA) is 91.0 Å². The normalized spacial score (nSPS) is 19.0. The van der Waals surface area contributed by atoms with Crippen LogP contribution in [0.5, 0.6) is 0 Å². The van der Waals surface area contributed by atoms with E-state index in [9.17, 15) is 14.4 Å². The first-order chi connectivity index (χ1) is 14.5. The molecule has 0 aliphatic carbocycles. The second-order valence-corrected chi connectivity index (χ2v) is 8.38. The Labute approximate surface area is 176 Å². The average molecular weight is 415 g/mol. The summed E-state index contributed by atoms with van der Waals surface area (Å²) < 4.78 is 5.12. The van der Waals surface area contributed by atoms with E-state index < -0.39 is 11.8 Å². The molecule has 2 N–H and O–H groups in total. The van der Waals surface area contributed by atoms with Gasteiger partial charge in [-0.15, -0.1) is 0 Å². The number of carbonyl (C=O) groups excluding carboxylic acids is 3. The fourth-order valence-electron chi connectivity index (χ4n) is 4.67. The van der Waals surface area contributed by atoms with Crippen molar-refractivity contribution in [3.63, 3.8) is 0 Å². The minimum atomic E-state index is -0.638. The Hall–Kier alpha value is -2.45. The summed E-state index contributed by atoms with van der Waals surface area (Å²) in [5.41, 5.74) is 3.77. The summed E-state index contributed by atoms with van der Waals surface area (Å²) in [6, 6.07) is 3.78. The largest absolute Gasteiger partial charge is 0.383 e. The fraction of sp³-hybridized carbons (Fsp3) is 0.591. The number of nitrogens with zero attached hydrogens (tertiary/aromatic N) is 2. The second-order valence-electron chi connectivity index (χ2n) is 8.38. The molecule has 0 atom stereocenters. The van der Waals surface area contributed by atoms with Crippen molar-refractivity contribution in [1.82, 2.24) is 10.2 Å². The van der Waals surface area contributed by atoms with Crippen LogP contribution in [0.2, 0.25) is 0 Å². The van der Waals surface area contributed by atoms with E-state index in [1.165, 1.54) is 0 Å². The van der Waals surface area contributed by atoms with Gasteiger partial charge in [0.05, 0.1) is 12.3 Å². The Kier molecular flexibility index (Phi) is 6.34. The summed E-state index contributed by atoms with van der Waals surface area (Å²) in [6.45, 7) is 4.88. The van der Waals surface area contributed by atoms with Crippen molar-refractivity contribution >= 4 is 29.1 Å². The van der Waals surface area contributed by atoms with Gasteiger partial charge in [0.1, 0.15) is 0 Å². The maximum atomic E-state index is 12.4. The van der Waals surface area contributed by atoms with Crippen LogP contribution >= 0.6 is 0 Å². The molecule has 3 heterocycles. The lowest BCUT2D eigenvalue weighted by molar-refractivity contribution is -0.136. The number of piperidine rings is 1. The quantitative estimate of drug-likeness (QED) is 0.676. The van der Waals surface area contributed by atoms with Crippen molar-refractivity contribution in [2.45, 2.75) is 32.1 Å². The van der Waals surface area contributed by atoms with Gasteiger partial charge in [0.25, 0.3) is 0 Å². The summed E-state index contributed by atoms with van der Waals surface area (Å²) in [7, 11) is 1.71. The zero-order valence-electron chi connectivity index (χ0n) is 17.5. The molecule has 0 aromatic heterocycles. The number of nitrogens with one attached hydrogen (secondary N) is 2. The molecule has 1 fully saturated rings. The number of hydrogen-bond donors (Lipinski definition) is 2. The molecule has 0 spiro atoms. The lowest BCUT2D eigenvalue weighted by Crippen LogP contribution is -2.42. The Morgan fingerprint density at radius 3 is 2.53 bits per heavy atom. The summed E-state index contributed by atoms with van der Waals surface area (Å²) in [5, 5.41) is 5.53. The lowest BCUT2D eigenvalue weighted by atomic mass is 9.97. The number of amides is 3. The van der Waals surface area contributed by atoms with E-state index in [1.54, 1.807) is 7.11 Å². The molecule has 4 rings (SSSR count). The number of carbonyl (C=O) groups is 3. The summed E-state index contributed by atoms with van der Waals surface area (Å²) in [5.74, 6) is -0.667. The first-order valence-corrected chi connectivity index (χ1v) is 10.8. The van der Waals surface area contributed by atoms with Crippen LogP contribution in [0, 0.1) is 5.92 Å². The minimum absolute atomic E-state index is 0.168. The Bertz CT molecular complexity index is 833. The van der Waals surface area contributed by atoms with Crippen LogP contribution in [-0.4, -0.2) is 69.1 Å². The zero-order chi connectivity index (χ0) is 21.1. The first kappa shape index (κ1) is 20.8. The molecular formula is C22H30N4O4. The molecular weight excluding hydrogens is 384 g/mol. The van der Waals surface area contributed by atoms with Gasteiger partial charge in [0, 0.05) is 38.9 Å². The average Bonchev–Trinajstić information content (AvgIpc) is 3.19. The number of benzene rings is 1. The Morgan fingerprint density at radius 1 is 1.07 bits per heavy atom. The molecule has 0 saturated carbocycles. The van der Waals surface area contributed by atoms with E-state index >= 15 is 0 Å². The minimum Gasteiger partial charge on any atom is -0.383 e. The van der Waals surface area contributed by atoms with Crippen LogP contribution in [0.1, 0.15) is 30.4 Å². The second kappa shape index (κ2) is 9.14. The van der Waals surface area contributed by atoms with Crippen LogP contribution in [0.3, 0.4) is 0 Å². The van der Waals surface area contributed by atoms with E-state index in [0.717, 1.165) is 62.3 Å². The number of methoxy groups -OCH3 is 1. The number of aryl methyl sites for hydroxylation is 1. The van der Waals surface area contributed by atoms with Gasteiger partial charge >= 0.3 is 11.8 Å². The van der Waals surface area contributed by atoms with Gasteiger partial charge < -0.3 is 25.2 Å². The van der Waals surface area contributed by atoms with Gasteiger partial charge in [-0.2, -0.15) is 0 Å². The van der Waals surface area contributed by atoms with E-state index in [2.05, 4.69) is 15.5 Å². The molecule has 8 heteroatoms. The predicted octanol–water partition coefficient (Wildman–Crippen LogP) is 0.935. The molecule has 0 bridgehead atoms. The van der Waals surface area contributed by atoms with Gasteiger partial charge in [0.15, 0.2) is 0 Å². The van der Waals surface area contributed by atoms with Crippen molar-refractivity contribution in [2.75, 3.05) is 56.7 Å². The highest BCUT2D eigenvalue weighted by atomic mass is 16.5. The Balaban J connectivity index is 1.27. The van der Waals surface area contributed by atoms with Crippen LogP contribution in [0.4, 0.5) is 11.4 Å².